The van der Waals surface area contributed by atoms with E-state index in [4.69, 9.17) is 9.47 Å². The van der Waals surface area contributed by atoms with E-state index in [2.05, 4.69) is 13.0 Å². The van der Waals surface area contributed by atoms with Crippen LogP contribution < -0.4 is 0 Å². The van der Waals surface area contributed by atoms with Gasteiger partial charge in [-0.15, -0.1) is 0 Å². The van der Waals surface area contributed by atoms with Gasteiger partial charge in [-0.1, -0.05) is 23.3 Å². The van der Waals surface area contributed by atoms with Gasteiger partial charge in [0, 0.05) is 11.1 Å². The summed E-state index contributed by atoms with van der Waals surface area (Å²) in [7, 11) is 1.42. The van der Waals surface area contributed by atoms with Crippen molar-refractivity contribution in [2.45, 2.75) is 65.4 Å². The van der Waals surface area contributed by atoms with E-state index in [1.165, 1.54) is 12.7 Å². The van der Waals surface area contributed by atoms with E-state index in [1.807, 2.05) is 26.0 Å². The molecule has 0 unspecified atom stereocenters. The molecule has 0 radical (unpaired) electrons. The van der Waals surface area contributed by atoms with Crippen LogP contribution in [0, 0.1) is 0 Å². The van der Waals surface area contributed by atoms with Crippen LogP contribution in [0.25, 0.3) is 0 Å². The number of methoxy groups -OCH3 is 1. The minimum Gasteiger partial charge on any atom is -0.466 e. The van der Waals surface area contributed by atoms with E-state index in [1.54, 1.807) is 0 Å². The van der Waals surface area contributed by atoms with Crippen molar-refractivity contribution < 1.29 is 19.1 Å². The zero-order chi connectivity index (χ0) is 18.4. The van der Waals surface area contributed by atoms with Crippen molar-refractivity contribution in [3.8, 4) is 0 Å². The second-order valence-electron chi connectivity index (χ2n) is 6.84. The first-order valence-corrected chi connectivity index (χ1v) is 8.93. The number of carbonyl (C=O) groups excluding carboxylic acids is 2. The van der Waals surface area contributed by atoms with Crippen LogP contribution in [0.3, 0.4) is 0 Å². The summed E-state index contributed by atoms with van der Waals surface area (Å²) in [5.74, 6) is -0.451. The van der Waals surface area contributed by atoms with Crippen LogP contribution in [-0.2, 0) is 19.1 Å². The Morgan fingerprint density at radius 3 is 2.48 bits per heavy atom. The molecule has 0 saturated carbocycles. The lowest BCUT2D eigenvalue weighted by atomic mass is 9.95. The van der Waals surface area contributed by atoms with Gasteiger partial charge in [0.05, 0.1) is 7.11 Å². The smallest absolute Gasteiger partial charge is 0.334 e. The topological polar surface area (TPSA) is 52.6 Å². The maximum absolute atomic E-state index is 11.9. The molecule has 0 aromatic carbocycles. The van der Waals surface area contributed by atoms with Gasteiger partial charge in [-0.25, -0.2) is 9.59 Å². The molecule has 0 fully saturated rings. The van der Waals surface area contributed by atoms with Gasteiger partial charge in [-0.05, 0) is 70.9 Å². The minimum atomic E-state index is -0.245. The Kier molecular flexibility index (Phi) is 6.80. The molecule has 136 valence electrons. The van der Waals surface area contributed by atoms with Gasteiger partial charge in [0.2, 0.25) is 0 Å². The van der Waals surface area contributed by atoms with E-state index < -0.39 is 0 Å². The average Bonchev–Trinajstić information content (AvgIpc) is 2.84. The van der Waals surface area contributed by atoms with Gasteiger partial charge in [-0.2, -0.15) is 0 Å². The van der Waals surface area contributed by atoms with Gasteiger partial charge in [0.1, 0.15) is 6.10 Å². The average molecular weight is 344 g/mol. The monoisotopic (exact) mass is 344 g/mol. The third kappa shape index (κ3) is 5.18. The predicted octanol–water partition coefficient (Wildman–Crippen LogP) is 4.57. The third-order valence-electron chi connectivity index (χ3n) is 4.87. The van der Waals surface area contributed by atoms with Crippen LogP contribution in [0.15, 0.2) is 46.1 Å². The van der Waals surface area contributed by atoms with E-state index in [0.717, 1.165) is 54.4 Å². The number of ether oxygens (including phenoxy) is 2. The Hall–Kier alpha value is -2.10. The number of hydrogen-bond donors (Lipinski definition) is 0. The molecule has 0 N–H and O–H groups in total. The number of rotatable bonds is 1. The second kappa shape index (κ2) is 8.84. The number of fused-ring (bicyclic) bond motifs is 1. The molecule has 0 amide bonds. The molecule has 1 aliphatic heterocycles. The maximum Gasteiger partial charge on any atom is 0.334 e. The molecule has 2 rings (SSSR count). The van der Waals surface area contributed by atoms with Crippen molar-refractivity contribution in [1.29, 1.82) is 0 Å². The summed E-state index contributed by atoms with van der Waals surface area (Å²) < 4.78 is 10.4. The molecule has 4 nitrogen and oxygen atoms in total. The SMILES string of the molecule is COC(=O)/C1=C\CC/C(C)=C/[C@@H]2OC(=O)C(C)=C2CC/C(C)=C/CC1. The van der Waals surface area contributed by atoms with Crippen LogP contribution >= 0.6 is 0 Å². The molecule has 2 aliphatic rings. The molecule has 1 atom stereocenters. The van der Waals surface area contributed by atoms with Crippen LogP contribution in [0.5, 0.6) is 0 Å². The molecule has 0 bridgehead atoms. The molecule has 0 spiro atoms. The molecule has 0 saturated heterocycles. The standard InChI is InChI=1S/C21H28O4/c1-14-7-5-9-17(21(23)24-4)10-6-8-15(2)13-19-18(12-11-14)16(3)20(22)25-19/h7,10,13,19H,5-6,8-9,11-12H2,1-4H3/b14-7+,15-13+,17-10-/t19-/m0/s1. The first-order chi connectivity index (χ1) is 11.9. The summed E-state index contributed by atoms with van der Waals surface area (Å²) >= 11 is 0. The van der Waals surface area contributed by atoms with Crippen molar-refractivity contribution in [3.05, 3.63) is 46.1 Å². The second-order valence-corrected chi connectivity index (χ2v) is 6.84. The highest BCUT2D eigenvalue weighted by Crippen LogP contribution is 2.30. The van der Waals surface area contributed by atoms with E-state index in [-0.39, 0.29) is 18.0 Å². The molecule has 25 heavy (non-hydrogen) atoms. The van der Waals surface area contributed by atoms with Gasteiger partial charge in [-0.3, -0.25) is 0 Å². The number of allylic oxidation sites excluding steroid dienone is 4. The third-order valence-corrected chi connectivity index (χ3v) is 4.87. The van der Waals surface area contributed by atoms with E-state index in [9.17, 15) is 9.59 Å². The lowest BCUT2D eigenvalue weighted by Crippen LogP contribution is -2.10. The predicted molar refractivity (Wildman–Crippen MR) is 97.9 cm³/mol. The highest BCUT2D eigenvalue weighted by atomic mass is 16.5. The fraction of sp³-hybridized carbons (Fsp3) is 0.524. The number of carbonyl (C=O) groups is 2. The first-order valence-electron chi connectivity index (χ1n) is 8.93. The van der Waals surface area contributed by atoms with Crippen molar-refractivity contribution in [2.24, 2.45) is 0 Å². The highest BCUT2D eigenvalue weighted by molar-refractivity contribution is 5.92. The van der Waals surface area contributed by atoms with Crippen molar-refractivity contribution >= 4 is 11.9 Å². The highest BCUT2D eigenvalue weighted by Gasteiger charge is 2.29. The summed E-state index contributed by atoms with van der Waals surface area (Å²) in [5.41, 5.74) is 5.01. The van der Waals surface area contributed by atoms with Gasteiger partial charge in [0.15, 0.2) is 0 Å². The molecule has 1 heterocycles. The zero-order valence-corrected chi connectivity index (χ0v) is 15.7. The molecule has 4 heteroatoms. The van der Waals surface area contributed by atoms with Gasteiger partial charge >= 0.3 is 11.9 Å². The van der Waals surface area contributed by atoms with Crippen molar-refractivity contribution in [1.82, 2.24) is 0 Å². The molecule has 0 aromatic rings. The Bertz CT molecular complexity index is 661. The van der Waals surface area contributed by atoms with Crippen molar-refractivity contribution in [2.75, 3.05) is 7.11 Å². The Labute approximate surface area is 150 Å². The van der Waals surface area contributed by atoms with Gasteiger partial charge < -0.3 is 9.47 Å². The van der Waals surface area contributed by atoms with Gasteiger partial charge in [0.25, 0.3) is 0 Å². The fourth-order valence-electron chi connectivity index (χ4n) is 3.23. The Balaban J connectivity index is 2.26. The summed E-state index contributed by atoms with van der Waals surface area (Å²) in [6.07, 6.45) is 10.8. The van der Waals surface area contributed by atoms with Crippen LogP contribution in [0.2, 0.25) is 0 Å². The summed E-state index contributed by atoms with van der Waals surface area (Å²) in [6, 6.07) is 0. The van der Waals surface area contributed by atoms with Crippen LogP contribution in [-0.4, -0.2) is 25.2 Å². The summed E-state index contributed by atoms with van der Waals surface area (Å²) in [4.78, 5) is 23.8. The lowest BCUT2D eigenvalue weighted by Gasteiger charge is -2.13. The summed E-state index contributed by atoms with van der Waals surface area (Å²) in [6.45, 7) is 5.99. The lowest BCUT2D eigenvalue weighted by molar-refractivity contribution is -0.138. The summed E-state index contributed by atoms with van der Waals surface area (Å²) in [5, 5.41) is 0. The quantitative estimate of drug-likeness (QED) is 0.516. The molecule has 1 aliphatic carbocycles. The normalized spacial score (nSPS) is 29.2. The maximum atomic E-state index is 11.9. The fourth-order valence-corrected chi connectivity index (χ4v) is 3.23. The largest absolute Gasteiger partial charge is 0.466 e. The zero-order valence-electron chi connectivity index (χ0n) is 15.7. The molecular formula is C21H28O4. The number of hydrogen-bond acceptors (Lipinski definition) is 4. The Morgan fingerprint density at radius 2 is 1.76 bits per heavy atom. The van der Waals surface area contributed by atoms with Crippen molar-refractivity contribution in [3.63, 3.8) is 0 Å². The van der Waals surface area contributed by atoms with Crippen LogP contribution in [0.1, 0.15) is 59.3 Å². The van der Waals surface area contributed by atoms with E-state index in [0.29, 0.717) is 6.42 Å². The van der Waals surface area contributed by atoms with Crippen LogP contribution in [0.4, 0.5) is 0 Å². The Morgan fingerprint density at radius 1 is 1.04 bits per heavy atom. The van der Waals surface area contributed by atoms with E-state index >= 15 is 0 Å². The minimum absolute atomic E-state index is 0.206. The first kappa shape index (κ1) is 19.2. The molecular weight excluding hydrogens is 316 g/mol. The molecule has 0 aromatic heterocycles. The number of esters is 2.